The van der Waals surface area contributed by atoms with E-state index in [1.165, 1.54) is 5.56 Å². The molecule has 2 amide bonds. The van der Waals surface area contributed by atoms with Gasteiger partial charge >= 0.3 is 0 Å². The molecule has 0 saturated heterocycles. The number of nitrogens with zero attached hydrogens (tertiary/aromatic N) is 3. The SMILES string of the molecule is COc1cccc(C(=O)NCc2nc3ccccc3n2CC(=O)N2CCCc3ccccc32)c1. The van der Waals surface area contributed by atoms with Crippen LogP contribution in [0, 0.1) is 0 Å². The second kappa shape index (κ2) is 9.39. The van der Waals surface area contributed by atoms with Gasteiger partial charge in [0, 0.05) is 17.8 Å². The molecule has 34 heavy (non-hydrogen) atoms. The molecule has 0 unspecified atom stereocenters. The Balaban J connectivity index is 1.39. The van der Waals surface area contributed by atoms with Crippen LogP contribution in [0.4, 0.5) is 5.69 Å². The number of carbonyl (C=O) groups excluding carboxylic acids is 2. The van der Waals surface area contributed by atoms with Crippen LogP contribution in [-0.2, 0) is 24.3 Å². The van der Waals surface area contributed by atoms with Gasteiger partial charge < -0.3 is 19.5 Å². The number of nitrogens with one attached hydrogen (secondary N) is 1. The lowest BCUT2D eigenvalue weighted by Gasteiger charge is -2.29. The molecular formula is C27H26N4O3. The highest BCUT2D eigenvalue weighted by Crippen LogP contribution is 2.27. The summed E-state index contributed by atoms with van der Waals surface area (Å²) in [5, 5.41) is 2.93. The monoisotopic (exact) mass is 454 g/mol. The maximum absolute atomic E-state index is 13.4. The minimum Gasteiger partial charge on any atom is -0.497 e. The van der Waals surface area contributed by atoms with Crippen molar-refractivity contribution in [3.63, 3.8) is 0 Å². The summed E-state index contributed by atoms with van der Waals surface area (Å²) < 4.78 is 7.12. The number of amides is 2. The third-order valence-electron chi connectivity index (χ3n) is 6.18. The second-order valence-electron chi connectivity index (χ2n) is 8.30. The van der Waals surface area contributed by atoms with Crippen molar-refractivity contribution in [2.75, 3.05) is 18.6 Å². The van der Waals surface area contributed by atoms with Crippen molar-refractivity contribution in [1.82, 2.24) is 14.9 Å². The molecule has 0 spiro atoms. The molecule has 7 nitrogen and oxygen atoms in total. The molecule has 0 radical (unpaired) electrons. The van der Waals surface area contributed by atoms with E-state index >= 15 is 0 Å². The number of hydrogen-bond acceptors (Lipinski definition) is 4. The smallest absolute Gasteiger partial charge is 0.251 e. The van der Waals surface area contributed by atoms with Crippen LogP contribution in [-0.4, -0.2) is 35.0 Å². The molecule has 3 aromatic carbocycles. The van der Waals surface area contributed by atoms with Crippen molar-refractivity contribution < 1.29 is 14.3 Å². The summed E-state index contributed by atoms with van der Waals surface area (Å²) in [7, 11) is 1.57. The molecule has 0 saturated carbocycles. The average molecular weight is 455 g/mol. The number of fused-ring (bicyclic) bond motifs is 2. The Morgan fingerprint density at radius 3 is 2.74 bits per heavy atom. The molecule has 5 rings (SSSR count). The first-order chi connectivity index (χ1) is 16.6. The summed E-state index contributed by atoms with van der Waals surface area (Å²) in [6.45, 7) is 1.05. The fourth-order valence-electron chi connectivity index (χ4n) is 4.48. The summed E-state index contributed by atoms with van der Waals surface area (Å²) in [6, 6.07) is 22.8. The number of imidazole rings is 1. The van der Waals surface area contributed by atoms with Gasteiger partial charge in [0.15, 0.2) is 0 Å². The summed E-state index contributed by atoms with van der Waals surface area (Å²) >= 11 is 0. The second-order valence-corrected chi connectivity index (χ2v) is 8.30. The van der Waals surface area contributed by atoms with Gasteiger partial charge in [0.05, 0.1) is 24.7 Å². The Morgan fingerprint density at radius 1 is 1.03 bits per heavy atom. The number of hydrogen-bond donors (Lipinski definition) is 1. The van der Waals surface area contributed by atoms with Crippen molar-refractivity contribution in [1.29, 1.82) is 0 Å². The minimum absolute atomic E-state index is 0.00988. The van der Waals surface area contributed by atoms with E-state index in [1.54, 1.807) is 31.4 Å². The molecule has 4 aromatic rings. The number of rotatable bonds is 6. The van der Waals surface area contributed by atoms with Crippen LogP contribution in [0.25, 0.3) is 11.0 Å². The van der Waals surface area contributed by atoms with E-state index < -0.39 is 0 Å². The maximum atomic E-state index is 13.4. The molecule has 7 heteroatoms. The van der Waals surface area contributed by atoms with Gasteiger partial charge in [0.25, 0.3) is 5.91 Å². The zero-order chi connectivity index (χ0) is 23.5. The average Bonchev–Trinajstić information content (AvgIpc) is 3.24. The van der Waals surface area contributed by atoms with E-state index in [4.69, 9.17) is 9.72 Å². The predicted octanol–water partition coefficient (Wildman–Crippen LogP) is 3.95. The first-order valence-corrected chi connectivity index (χ1v) is 11.4. The molecule has 0 bridgehead atoms. The molecule has 0 fully saturated rings. The summed E-state index contributed by atoms with van der Waals surface area (Å²) in [5.41, 5.74) is 4.34. The van der Waals surface area contributed by atoms with Gasteiger partial charge in [0.2, 0.25) is 5.91 Å². The van der Waals surface area contributed by atoms with E-state index in [0.29, 0.717) is 23.7 Å². The van der Waals surface area contributed by atoms with Crippen LogP contribution in [0.5, 0.6) is 5.75 Å². The number of para-hydroxylation sites is 3. The van der Waals surface area contributed by atoms with Crippen LogP contribution in [0.1, 0.15) is 28.2 Å². The molecule has 1 aromatic heterocycles. The van der Waals surface area contributed by atoms with Gasteiger partial charge in [-0.15, -0.1) is 0 Å². The van der Waals surface area contributed by atoms with Crippen LogP contribution >= 0.6 is 0 Å². The van der Waals surface area contributed by atoms with Crippen LogP contribution in [0.3, 0.4) is 0 Å². The summed E-state index contributed by atoms with van der Waals surface area (Å²) in [5.74, 6) is 1.04. The lowest BCUT2D eigenvalue weighted by molar-refractivity contribution is -0.119. The highest BCUT2D eigenvalue weighted by Gasteiger charge is 2.24. The number of methoxy groups -OCH3 is 1. The Bertz CT molecular complexity index is 1360. The van der Waals surface area contributed by atoms with Gasteiger partial charge in [-0.1, -0.05) is 36.4 Å². The lowest BCUT2D eigenvalue weighted by atomic mass is 10.0. The van der Waals surface area contributed by atoms with Gasteiger partial charge in [0.1, 0.15) is 18.1 Å². The van der Waals surface area contributed by atoms with Gasteiger partial charge in [-0.3, -0.25) is 9.59 Å². The van der Waals surface area contributed by atoms with Gasteiger partial charge in [-0.05, 0) is 54.8 Å². The molecule has 2 heterocycles. The van der Waals surface area contributed by atoms with E-state index in [9.17, 15) is 9.59 Å². The number of aryl methyl sites for hydroxylation is 1. The fraction of sp³-hybridized carbons (Fsp3) is 0.222. The maximum Gasteiger partial charge on any atom is 0.251 e. The standard InChI is InChI=1S/C27H26N4O3/c1-34-21-11-6-9-20(16-21)27(33)28-17-25-29-22-12-3-5-14-24(22)31(25)18-26(32)30-15-7-10-19-8-2-4-13-23(19)30/h2-6,8-9,11-14,16H,7,10,15,17-18H2,1H3,(H,28,33). The fourth-order valence-corrected chi connectivity index (χ4v) is 4.48. The number of carbonyl (C=O) groups is 2. The topological polar surface area (TPSA) is 76.5 Å². The number of benzene rings is 3. The van der Waals surface area contributed by atoms with Crippen LogP contribution < -0.4 is 15.0 Å². The Hall–Kier alpha value is -4.13. The molecule has 172 valence electrons. The molecule has 1 aliphatic heterocycles. The number of ether oxygens (including phenoxy) is 1. The highest BCUT2D eigenvalue weighted by atomic mass is 16.5. The lowest BCUT2D eigenvalue weighted by Crippen LogP contribution is -2.38. The molecule has 0 atom stereocenters. The quantitative estimate of drug-likeness (QED) is 0.479. The molecule has 0 aliphatic carbocycles. The third-order valence-corrected chi connectivity index (χ3v) is 6.18. The first kappa shape index (κ1) is 21.7. The van der Waals surface area contributed by atoms with E-state index in [1.807, 2.05) is 51.9 Å². The molecule has 1 N–H and O–H groups in total. The van der Waals surface area contributed by atoms with Crippen molar-refractivity contribution in [2.45, 2.75) is 25.9 Å². The van der Waals surface area contributed by atoms with Crippen molar-refractivity contribution in [3.8, 4) is 5.75 Å². The number of anilines is 1. The Kier molecular flexibility index (Phi) is 5.99. The van der Waals surface area contributed by atoms with Crippen molar-refractivity contribution >= 4 is 28.5 Å². The molecule has 1 aliphatic rings. The van der Waals surface area contributed by atoms with Crippen molar-refractivity contribution in [3.05, 3.63) is 89.7 Å². The zero-order valence-corrected chi connectivity index (χ0v) is 19.0. The van der Waals surface area contributed by atoms with E-state index in [2.05, 4.69) is 11.4 Å². The van der Waals surface area contributed by atoms with Gasteiger partial charge in [-0.25, -0.2) is 4.98 Å². The third kappa shape index (κ3) is 4.24. The largest absolute Gasteiger partial charge is 0.497 e. The zero-order valence-electron chi connectivity index (χ0n) is 19.0. The highest BCUT2D eigenvalue weighted by molar-refractivity contribution is 5.96. The number of aromatic nitrogens is 2. The molecular weight excluding hydrogens is 428 g/mol. The van der Waals surface area contributed by atoms with E-state index in [0.717, 1.165) is 29.6 Å². The van der Waals surface area contributed by atoms with Crippen LogP contribution in [0.15, 0.2) is 72.8 Å². The normalized spacial score (nSPS) is 12.9. The Morgan fingerprint density at radius 2 is 1.85 bits per heavy atom. The van der Waals surface area contributed by atoms with Crippen molar-refractivity contribution in [2.24, 2.45) is 0 Å². The first-order valence-electron chi connectivity index (χ1n) is 11.4. The van der Waals surface area contributed by atoms with Crippen LogP contribution in [0.2, 0.25) is 0 Å². The summed E-state index contributed by atoms with van der Waals surface area (Å²) in [6.07, 6.45) is 1.92. The van der Waals surface area contributed by atoms with Gasteiger partial charge in [-0.2, -0.15) is 0 Å². The predicted molar refractivity (Wildman–Crippen MR) is 131 cm³/mol. The summed E-state index contributed by atoms with van der Waals surface area (Å²) in [4.78, 5) is 32.7. The Labute approximate surface area is 198 Å². The minimum atomic E-state index is -0.228. The van der Waals surface area contributed by atoms with E-state index in [-0.39, 0.29) is 24.9 Å².